The zero-order valence-electron chi connectivity index (χ0n) is 15.2. The van der Waals surface area contributed by atoms with E-state index in [1.165, 1.54) is 64.7 Å². The molecule has 134 valence electrons. The van der Waals surface area contributed by atoms with Crippen LogP contribution in [0.25, 0.3) is 0 Å². The Kier molecular flexibility index (Phi) is 16.4. The summed E-state index contributed by atoms with van der Waals surface area (Å²) in [7, 11) is 0. The number of esters is 1. The van der Waals surface area contributed by atoms with Gasteiger partial charge in [-0.05, 0) is 38.5 Å². The molecular weight excluding hydrogens is 288 g/mol. The van der Waals surface area contributed by atoms with Gasteiger partial charge in [0, 0.05) is 6.92 Å². The first-order valence-corrected chi connectivity index (χ1v) is 9.48. The maximum Gasteiger partial charge on any atom is 0.303 e. The van der Waals surface area contributed by atoms with Crippen molar-refractivity contribution in [1.82, 2.24) is 0 Å². The lowest BCUT2D eigenvalue weighted by molar-refractivity contribution is -0.149. The molecule has 0 saturated heterocycles. The van der Waals surface area contributed by atoms with Gasteiger partial charge < -0.3 is 4.74 Å². The molecule has 0 saturated carbocycles. The molecule has 1 atom stereocenters. The molecule has 0 aromatic rings. The first kappa shape index (κ1) is 21.9. The SMILES string of the molecule is CCCCCCCC/C=C/CCCCCCC(C=O)OC(C)=O. The number of hydrogen-bond donors (Lipinski definition) is 0. The largest absolute Gasteiger partial charge is 0.455 e. The van der Waals surface area contributed by atoms with E-state index in [1.54, 1.807) is 0 Å². The fourth-order valence-electron chi connectivity index (χ4n) is 2.61. The zero-order chi connectivity index (χ0) is 17.2. The molecule has 0 radical (unpaired) electrons. The molecule has 0 heterocycles. The van der Waals surface area contributed by atoms with E-state index < -0.39 is 6.10 Å². The summed E-state index contributed by atoms with van der Waals surface area (Å²) < 4.78 is 4.89. The van der Waals surface area contributed by atoms with E-state index in [9.17, 15) is 9.59 Å². The smallest absolute Gasteiger partial charge is 0.303 e. The second kappa shape index (κ2) is 17.2. The normalized spacial score (nSPS) is 12.4. The van der Waals surface area contributed by atoms with Gasteiger partial charge in [0.25, 0.3) is 0 Å². The summed E-state index contributed by atoms with van der Waals surface area (Å²) in [5.74, 6) is -0.377. The molecule has 0 spiro atoms. The molecule has 23 heavy (non-hydrogen) atoms. The van der Waals surface area contributed by atoms with Crippen molar-refractivity contribution in [3.05, 3.63) is 12.2 Å². The van der Waals surface area contributed by atoms with E-state index in [1.807, 2.05) is 0 Å². The molecule has 3 heteroatoms. The molecule has 0 aromatic heterocycles. The third-order valence-electron chi connectivity index (χ3n) is 3.97. The molecule has 3 nitrogen and oxygen atoms in total. The van der Waals surface area contributed by atoms with Crippen LogP contribution in [0.1, 0.15) is 97.3 Å². The third-order valence-corrected chi connectivity index (χ3v) is 3.97. The number of aldehydes is 1. The van der Waals surface area contributed by atoms with Crippen molar-refractivity contribution < 1.29 is 14.3 Å². The minimum atomic E-state index is -0.551. The molecular formula is C20H36O3. The van der Waals surface area contributed by atoms with Crippen LogP contribution in [0.4, 0.5) is 0 Å². The number of ether oxygens (including phenoxy) is 1. The van der Waals surface area contributed by atoms with Crippen LogP contribution >= 0.6 is 0 Å². The Morgan fingerprint density at radius 2 is 1.39 bits per heavy atom. The molecule has 1 unspecified atom stereocenters. The second-order valence-electron chi connectivity index (χ2n) is 6.30. The van der Waals surface area contributed by atoms with Gasteiger partial charge in [-0.1, -0.05) is 64.0 Å². The van der Waals surface area contributed by atoms with Crippen LogP contribution in [0.5, 0.6) is 0 Å². The summed E-state index contributed by atoms with van der Waals surface area (Å²) in [6, 6.07) is 0. The minimum absolute atomic E-state index is 0.377. The summed E-state index contributed by atoms with van der Waals surface area (Å²) in [5.41, 5.74) is 0. The average molecular weight is 325 g/mol. The Labute approximate surface area is 142 Å². The van der Waals surface area contributed by atoms with Crippen LogP contribution < -0.4 is 0 Å². The maximum atomic E-state index is 10.8. The van der Waals surface area contributed by atoms with E-state index in [4.69, 9.17) is 4.74 Å². The lowest BCUT2D eigenvalue weighted by Gasteiger charge is -2.09. The number of carbonyl (C=O) groups excluding carboxylic acids is 2. The number of rotatable bonds is 16. The lowest BCUT2D eigenvalue weighted by Crippen LogP contribution is -2.17. The van der Waals surface area contributed by atoms with Crippen molar-refractivity contribution >= 4 is 12.3 Å². The van der Waals surface area contributed by atoms with Gasteiger partial charge >= 0.3 is 5.97 Å². The van der Waals surface area contributed by atoms with Crippen LogP contribution in [0.15, 0.2) is 12.2 Å². The fraction of sp³-hybridized carbons (Fsp3) is 0.800. The Hall–Kier alpha value is -1.12. The average Bonchev–Trinajstić information content (AvgIpc) is 2.53. The van der Waals surface area contributed by atoms with Crippen LogP contribution in [-0.2, 0) is 14.3 Å². The van der Waals surface area contributed by atoms with Gasteiger partial charge in [0.15, 0.2) is 12.4 Å². The standard InChI is InChI=1S/C20H36O3/c1-3-4-5-6-7-8-9-10-11-12-13-14-15-16-17-20(18-21)23-19(2)22/h10-11,18,20H,3-9,12-17H2,1-2H3/b11-10+. The monoisotopic (exact) mass is 324 g/mol. The van der Waals surface area contributed by atoms with E-state index in [2.05, 4.69) is 19.1 Å². The van der Waals surface area contributed by atoms with Crippen molar-refractivity contribution in [2.24, 2.45) is 0 Å². The Bertz CT molecular complexity index is 310. The molecule has 0 N–H and O–H groups in total. The molecule has 0 aliphatic heterocycles. The van der Waals surface area contributed by atoms with Gasteiger partial charge in [0.05, 0.1) is 0 Å². The van der Waals surface area contributed by atoms with Gasteiger partial charge in [-0.15, -0.1) is 0 Å². The van der Waals surface area contributed by atoms with Gasteiger partial charge in [-0.3, -0.25) is 9.59 Å². The summed E-state index contributed by atoms with van der Waals surface area (Å²) in [4.78, 5) is 21.5. The predicted octanol–water partition coefficient (Wildman–Crippen LogP) is 5.76. The quantitative estimate of drug-likeness (QED) is 0.157. The highest BCUT2D eigenvalue weighted by Gasteiger charge is 2.09. The summed E-state index contributed by atoms with van der Waals surface area (Å²) in [6.45, 7) is 3.59. The Morgan fingerprint density at radius 3 is 1.91 bits per heavy atom. The van der Waals surface area contributed by atoms with Crippen molar-refractivity contribution in [3.8, 4) is 0 Å². The van der Waals surface area contributed by atoms with Gasteiger partial charge in [-0.2, -0.15) is 0 Å². The highest BCUT2D eigenvalue weighted by atomic mass is 16.5. The molecule has 0 rings (SSSR count). The number of carbonyl (C=O) groups is 2. The molecule has 0 amide bonds. The van der Waals surface area contributed by atoms with E-state index >= 15 is 0 Å². The number of hydrogen-bond acceptors (Lipinski definition) is 3. The first-order chi connectivity index (χ1) is 11.2. The summed E-state index contributed by atoms with van der Waals surface area (Å²) >= 11 is 0. The fourth-order valence-corrected chi connectivity index (χ4v) is 2.61. The van der Waals surface area contributed by atoms with Gasteiger partial charge in [0.2, 0.25) is 0 Å². The Morgan fingerprint density at radius 1 is 0.870 bits per heavy atom. The van der Waals surface area contributed by atoms with Crippen molar-refractivity contribution in [1.29, 1.82) is 0 Å². The van der Waals surface area contributed by atoms with Crippen LogP contribution in [0, 0.1) is 0 Å². The van der Waals surface area contributed by atoms with Crippen LogP contribution in [-0.4, -0.2) is 18.4 Å². The predicted molar refractivity (Wildman–Crippen MR) is 96.5 cm³/mol. The Balaban J connectivity index is 3.30. The van der Waals surface area contributed by atoms with Crippen LogP contribution in [0.2, 0.25) is 0 Å². The molecule has 0 fully saturated rings. The van der Waals surface area contributed by atoms with E-state index in [0.717, 1.165) is 25.5 Å². The van der Waals surface area contributed by atoms with Crippen molar-refractivity contribution in [2.75, 3.05) is 0 Å². The highest BCUT2D eigenvalue weighted by molar-refractivity contribution is 5.69. The van der Waals surface area contributed by atoms with Crippen LogP contribution in [0.3, 0.4) is 0 Å². The summed E-state index contributed by atoms with van der Waals surface area (Å²) in [5, 5.41) is 0. The van der Waals surface area contributed by atoms with Gasteiger partial charge in [0.1, 0.15) is 0 Å². The van der Waals surface area contributed by atoms with E-state index in [-0.39, 0.29) is 5.97 Å². The number of allylic oxidation sites excluding steroid dienone is 2. The lowest BCUT2D eigenvalue weighted by atomic mass is 10.1. The van der Waals surface area contributed by atoms with E-state index in [0.29, 0.717) is 6.42 Å². The second-order valence-corrected chi connectivity index (χ2v) is 6.30. The third kappa shape index (κ3) is 17.1. The minimum Gasteiger partial charge on any atom is -0.455 e. The maximum absolute atomic E-state index is 10.8. The molecule has 0 bridgehead atoms. The topological polar surface area (TPSA) is 43.4 Å². The summed E-state index contributed by atoms with van der Waals surface area (Å²) in [6.07, 6.45) is 20.4. The molecule has 0 aliphatic rings. The number of unbranched alkanes of at least 4 members (excludes halogenated alkanes) is 10. The molecule has 0 aliphatic carbocycles. The van der Waals surface area contributed by atoms with Gasteiger partial charge in [-0.25, -0.2) is 0 Å². The highest BCUT2D eigenvalue weighted by Crippen LogP contribution is 2.10. The zero-order valence-corrected chi connectivity index (χ0v) is 15.2. The molecule has 0 aromatic carbocycles. The first-order valence-electron chi connectivity index (χ1n) is 9.48. The van der Waals surface area contributed by atoms with Crippen molar-refractivity contribution in [3.63, 3.8) is 0 Å². The van der Waals surface area contributed by atoms with Crippen molar-refractivity contribution in [2.45, 2.75) is 103 Å².